The number of carbonyl (C=O) groups is 2. The third kappa shape index (κ3) is 8.18. The highest BCUT2D eigenvalue weighted by atomic mass is 127. The van der Waals surface area contributed by atoms with Gasteiger partial charge in [-0.05, 0) is 70.8 Å². The number of ether oxygens (including phenoxy) is 2. The predicted molar refractivity (Wildman–Crippen MR) is 154 cm³/mol. The summed E-state index contributed by atoms with van der Waals surface area (Å²) in [6, 6.07) is 14.4. The molecule has 0 bridgehead atoms. The van der Waals surface area contributed by atoms with Gasteiger partial charge in [0.05, 0.1) is 23.3 Å². The third-order valence-electron chi connectivity index (χ3n) is 6.39. The zero-order valence-electron chi connectivity index (χ0n) is 22.1. The Morgan fingerprint density at radius 3 is 2.63 bits per heavy atom. The molecule has 0 aliphatic heterocycles. The van der Waals surface area contributed by atoms with E-state index >= 15 is 0 Å². The fraction of sp³-hybridized carbons (Fsp3) is 0.448. The van der Waals surface area contributed by atoms with Gasteiger partial charge in [0.15, 0.2) is 0 Å². The van der Waals surface area contributed by atoms with Crippen molar-refractivity contribution in [1.29, 1.82) is 0 Å². The van der Waals surface area contributed by atoms with Crippen LogP contribution >= 0.6 is 22.6 Å². The first kappa shape index (κ1) is 29.9. The summed E-state index contributed by atoms with van der Waals surface area (Å²) in [5.41, 5.74) is 1.41. The highest BCUT2D eigenvalue weighted by Gasteiger charge is 2.40. The van der Waals surface area contributed by atoms with Crippen molar-refractivity contribution in [1.82, 2.24) is 10.2 Å². The second-order valence-electron chi connectivity index (χ2n) is 9.73. The lowest BCUT2D eigenvalue weighted by molar-refractivity contribution is -0.139. The lowest BCUT2D eigenvalue weighted by Gasteiger charge is -2.41. The van der Waals surface area contributed by atoms with Crippen molar-refractivity contribution >= 4 is 34.4 Å². The number of carbonyl (C=O) groups excluding carboxylic acids is 2. The molecule has 0 heterocycles. The molecule has 206 valence electrons. The van der Waals surface area contributed by atoms with Crippen LogP contribution in [0.2, 0.25) is 0 Å². The van der Waals surface area contributed by atoms with Crippen molar-refractivity contribution in [2.24, 2.45) is 5.92 Å². The quantitative estimate of drug-likeness (QED) is 0.309. The van der Waals surface area contributed by atoms with Gasteiger partial charge in [-0.1, -0.05) is 38.1 Å². The van der Waals surface area contributed by atoms with Gasteiger partial charge in [-0.2, -0.15) is 0 Å². The molecule has 0 spiro atoms. The highest BCUT2D eigenvalue weighted by Crippen LogP contribution is 2.30. The molecule has 9 heteroatoms. The zero-order valence-corrected chi connectivity index (χ0v) is 24.3. The van der Waals surface area contributed by atoms with Crippen LogP contribution in [0.1, 0.15) is 32.3 Å². The molecular formula is C29H37IN2O6. The van der Waals surface area contributed by atoms with Gasteiger partial charge in [-0.15, -0.1) is 0 Å². The van der Waals surface area contributed by atoms with E-state index in [0.29, 0.717) is 30.7 Å². The first-order chi connectivity index (χ1) is 18.2. The average molecular weight is 637 g/mol. The molecule has 0 saturated heterocycles. The van der Waals surface area contributed by atoms with E-state index in [4.69, 9.17) is 9.47 Å². The van der Waals surface area contributed by atoms with Crippen LogP contribution in [0.5, 0.6) is 11.5 Å². The number of methoxy groups -OCH3 is 1. The number of amides is 2. The van der Waals surface area contributed by atoms with Gasteiger partial charge < -0.3 is 29.9 Å². The van der Waals surface area contributed by atoms with Crippen LogP contribution in [0.25, 0.3) is 0 Å². The number of rotatable bonds is 12. The summed E-state index contributed by atoms with van der Waals surface area (Å²) in [5.74, 6) is 1.01. The van der Waals surface area contributed by atoms with E-state index in [1.807, 2.05) is 62.4 Å². The van der Waals surface area contributed by atoms with E-state index in [2.05, 4.69) is 27.9 Å². The Kier molecular flexibility index (Phi) is 11.4. The summed E-state index contributed by atoms with van der Waals surface area (Å²) in [4.78, 5) is 28.2. The summed E-state index contributed by atoms with van der Waals surface area (Å²) in [7, 11) is 1.61. The SMILES string of the molecule is COc1cccc(CCN(C(=O)CC(C)C)C2CC(C(=O)NCCO)=CC(Oc3ccccc3I)C2O)c1. The Balaban J connectivity index is 1.93. The van der Waals surface area contributed by atoms with E-state index < -0.39 is 18.2 Å². The standard InChI is InChI=1S/C29H37IN2O6/c1-19(2)15-27(34)32(13-11-20-7-6-8-22(16-20)37-3)24-17-21(29(36)31-12-14-33)18-26(28(24)35)38-25-10-5-4-9-23(25)30/h4-10,16,18-19,24,26,28,33,35H,11-15,17H2,1-3H3,(H,31,36). The van der Waals surface area contributed by atoms with E-state index in [1.54, 1.807) is 18.1 Å². The molecule has 1 aliphatic carbocycles. The van der Waals surface area contributed by atoms with Crippen LogP contribution < -0.4 is 14.8 Å². The Morgan fingerprint density at radius 1 is 1.18 bits per heavy atom. The van der Waals surface area contributed by atoms with Gasteiger partial charge in [0.2, 0.25) is 11.8 Å². The second-order valence-corrected chi connectivity index (χ2v) is 10.9. The highest BCUT2D eigenvalue weighted by molar-refractivity contribution is 14.1. The van der Waals surface area contributed by atoms with Crippen molar-refractivity contribution < 1.29 is 29.3 Å². The van der Waals surface area contributed by atoms with Crippen LogP contribution in [-0.2, 0) is 16.0 Å². The average Bonchev–Trinajstić information content (AvgIpc) is 2.90. The first-order valence-corrected chi connectivity index (χ1v) is 13.9. The molecule has 2 aromatic rings. The largest absolute Gasteiger partial charge is 0.497 e. The molecule has 0 fully saturated rings. The summed E-state index contributed by atoms with van der Waals surface area (Å²) in [6.45, 7) is 4.24. The minimum absolute atomic E-state index is 0.0861. The number of benzene rings is 2. The van der Waals surface area contributed by atoms with Crippen LogP contribution in [0.15, 0.2) is 60.2 Å². The fourth-order valence-corrected chi connectivity index (χ4v) is 5.00. The maximum Gasteiger partial charge on any atom is 0.247 e. The molecule has 38 heavy (non-hydrogen) atoms. The number of nitrogens with zero attached hydrogens (tertiary/aromatic N) is 1. The first-order valence-electron chi connectivity index (χ1n) is 12.8. The molecule has 0 saturated carbocycles. The molecule has 1 aliphatic rings. The minimum Gasteiger partial charge on any atom is -0.497 e. The number of hydrogen-bond donors (Lipinski definition) is 3. The smallest absolute Gasteiger partial charge is 0.247 e. The van der Waals surface area contributed by atoms with Crippen LogP contribution in [0, 0.1) is 9.49 Å². The number of para-hydroxylation sites is 1. The molecule has 0 aromatic heterocycles. The molecule has 3 atom stereocenters. The van der Waals surface area contributed by atoms with Crippen molar-refractivity contribution in [3.05, 3.63) is 69.3 Å². The number of aliphatic hydroxyl groups excluding tert-OH is 2. The number of hydrogen-bond acceptors (Lipinski definition) is 6. The van der Waals surface area contributed by atoms with Crippen LogP contribution in [0.4, 0.5) is 0 Å². The van der Waals surface area contributed by atoms with Gasteiger partial charge in [0, 0.05) is 31.5 Å². The monoisotopic (exact) mass is 636 g/mol. The number of halogens is 1. The molecule has 2 amide bonds. The Hall–Kier alpha value is -2.63. The van der Waals surface area contributed by atoms with Crippen LogP contribution in [-0.4, -0.2) is 72.0 Å². The van der Waals surface area contributed by atoms with Gasteiger partial charge in [-0.3, -0.25) is 9.59 Å². The van der Waals surface area contributed by atoms with Gasteiger partial charge in [0.25, 0.3) is 0 Å². The summed E-state index contributed by atoms with van der Waals surface area (Å²) >= 11 is 2.16. The van der Waals surface area contributed by atoms with E-state index in [9.17, 15) is 19.8 Å². The lowest BCUT2D eigenvalue weighted by Crippen LogP contribution is -2.55. The molecule has 3 rings (SSSR count). The number of nitrogens with one attached hydrogen (secondary N) is 1. The summed E-state index contributed by atoms with van der Waals surface area (Å²) in [5, 5.41) is 23.4. The lowest BCUT2D eigenvalue weighted by atomic mass is 9.87. The minimum atomic E-state index is -1.05. The van der Waals surface area contributed by atoms with Gasteiger partial charge >= 0.3 is 0 Å². The Morgan fingerprint density at radius 2 is 1.95 bits per heavy atom. The van der Waals surface area contributed by atoms with Crippen LogP contribution in [0.3, 0.4) is 0 Å². The van der Waals surface area contributed by atoms with Crippen molar-refractivity contribution in [3.8, 4) is 11.5 Å². The Labute approximate surface area is 238 Å². The zero-order chi connectivity index (χ0) is 27.7. The van der Waals surface area contributed by atoms with Crippen molar-refractivity contribution in [2.75, 3.05) is 26.8 Å². The molecule has 2 aromatic carbocycles. The second kappa shape index (κ2) is 14.5. The van der Waals surface area contributed by atoms with Crippen molar-refractivity contribution in [3.63, 3.8) is 0 Å². The maximum atomic E-state index is 13.5. The van der Waals surface area contributed by atoms with E-state index in [0.717, 1.165) is 14.9 Å². The van der Waals surface area contributed by atoms with E-state index in [1.165, 1.54) is 0 Å². The fourth-order valence-electron chi connectivity index (χ4n) is 4.49. The molecule has 8 nitrogen and oxygen atoms in total. The third-order valence-corrected chi connectivity index (χ3v) is 7.28. The molecule has 0 radical (unpaired) electrons. The molecule has 3 unspecified atom stereocenters. The summed E-state index contributed by atoms with van der Waals surface area (Å²) in [6.07, 6.45) is 0.782. The molecule has 3 N–H and O–H groups in total. The van der Waals surface area contributed by atoms with Crippen molar-refractivity contribution in [2.45, 2.75) is 51.4 Å². The summed E-state index contributed by atoms with van der Waals surface area (Å²) < 4.78 is 12.4. The topological polar surface area (TPSA) is 108 Å². The normalized spacial score (nSPS) is 19.0. The van der Waals surface area contributed by atoms with Gasteiger partial charge in [-0.25, -0.2) is 0 Å². The maximum absolute atomic E-state index is 13.5. The van der Waals surface area contributed by atoms with Gasteiger partial charge in [0.1, 0.15) is 23.7 Å². The van der Waals surface area contributed by atoms with E-state index in [-0.39, 0.29) is 37.3 Å². The predicted octanol–water partition coefficient (Wildman–Crippen LogP) is 3.33. The molecular weight excluding hydrogens is 599 g/mol. The number of aliphatic hydroxyl groups is 2. The Bertz CT molecular complexity index is 1120.